The first-order valence-corrected chi connectivity index (χ1v) is 19.8. The van der Waals surface area contributed by atoms with Crippen molar-refractivity contribution in [2.24, 2.45) is 0 Å². The van der Waals surface area contributed by atoms with Gasteiger partial charge in [0.25, 0.3) is 11.8 Å². The first-order chi connectivity index (χ1) is 27.1. The van der Waals surface area contributed by atoms with Crippen LogP contribution in [0.3, 0.4) is 0 Å². The molecule has 8 heterocycles. The van der Waals surface area contributed by atoms with Crippen LogP contribution in [-0.4, -0.2) is 94.6 Å². The molecule has 4 aliphatic heterocycles. The van der Waals surface area contributed by atoms with Gasteiger partial charge in [-0.1, -0.05) is 0 Å². The van der Waals surface area contributed by atoms with Gasteiger partial charge in [-0.2, -0.15) is 0 Å². The van der Waals surface area contributed by atoms with Crippen molar-refractivity contribution < 1.29 is 37.2 Å². The maximum Gasteiger partial charge on any atom is 0.257 e. The highest BCUT2D eigenvalue weighted by Gasteiger charge is 2.31. The minimum atomic E-state index is -0.384. The average Bonchev–Trinajstić information content (AvgIpc) is 3.18. The summed E-state index contributed by atoms with van der Waals surface area (Å²) in [4.78, 5) is 23.1. The van der Waals surface area contributed by atoms with Crippen LogP contribution in [0.4, 0.5) is 8.78 Å². The van der Waals surface area contributed by atoms with Gasteiger partial charge in [0, 0.05) is 91.3 Å². The number of fused-ring (bicyclic) bond motifs is 2. The van der Waals surface area contributed by atoms with Crippen LogP contribution in [0.2, 0.25) is 0 Å². The summed E-state index contributed by atoms with van der Waals surface area (Å²) in [5.41, 5.74) is 5.28. The van der Waals surface area contributed by atoms with Gasteiger partial charge >= 0.3 is 0 Å². The third kappa shape index (κ3) is 8.31. The monoisotopic (exact) mass is 772 g/mol. The van der Waals surface area contributed by atoms with E-state index in [1.54, 1.807) is 0 Å². The highest BCUT2D eigenvalue weighted by molar-refractivity contribution is 5.42. The molecule has 14 heteroatoms. The summed E-state index contributed by atoms with van der Waals surface area (Å²) in [5, 5.41) is 0. The van der Waals surface area contributed by atoms with Crippen LogP contribution >= 0.6 is 0 Å². The normalized spacial score (nSPS) is 19.1. The summed E-state index contributed by atoms with van der Waals surface area (Å²) in [5.74, 6) is 2.25. The summed E-state index contributed by atoms with van der Waals surface area (Å²) in [7, 11) is 0. The van der Waals surface area contributed by atoms with Gasteiger partial charge in [-0.05, 0) is 60.3 Å². The topological polar surface area (TPSA) is 113 Å². The number of likely N-dealkylation sites (tertiary alicyclic amines) is 2. The van der Waals surface area contributed by atoms with E-state index in [0.717, 1.165) is 91.7 Å². The molecule has 0 unspecified atom stereocenters. The Balaban J connectivity index is 0.887. The lowest BCUT2D eigenvalue weighted by atomic mass is 10.0. The second-order valence-corrected chi connectivity index (χ2v) is 15.2. The lowest BCUT2D eigenvalue weighted by molar-refractivity contribution is 0.0760. The molecule has 12 nitrogen and oxygen atoms in total. The van der Waals surface area contributed by atoms with Crippen molar-refractivity contribution in [1.82, 2.24) is 29.7 Å². The van der Waals surface area contributed by atoms with Gasteiger partial charge in [0.15, 0.2) is 11.5 Å². The van der Waals surface area contributed by atoms with E-state index in [1.165, 1.54) is 12.1 Å². The van der Waals surface area contributed by atoms with Crippen LogP contribution in [0.25, 0.3) is 0 Å². The highest BCUT2D eigenvalue weighted by Crippen LogP contribution is 2.37. The van der Waals surface area contributed by atoms with Gasteiger partial charge in [-0.15, -0.1) is 0 Å². The van der Waals surface area contributed by atoms with Gasteiger partial charge in [-0.3, -0.25) is 19.8 Å². The third-order valence-electron chi connectivity index (χ3n) is 11.2. The summed E-state index contributed by atoms with van der Waals surface area (Å²) in [6.45, 7) is 14.5. The van der Waals surface area contributed by atoms with Gasteiger partial charge in [0.2, 0.25) is 0 Å². The molecule has 0 amide bonds. The molecule has 2 fully saturated rings. The Kier molecular flexibility index (Phi) is 11.1. The Morgan fingerprint density at radius 2 is 1.14 bits per heavy atom. The minimum absolute atomic E-state index is 0.00344. The molecule has 2 atom stereocenters. The van der Waals surface area contributed by atoms with Crippen LogP contribution in [0.15, 0.2) is 30.3 Å². The second kappa shape index (κ2) is 16.3. The molecule has 56 heavy (non-hydrogen) atoms. The third-order valence-corrected chi connectivity index (χ3v) is 11.2. The zero-order valence-corrected chi connectivity index (χ0v) is 32.8. The van der Waals surface area contributed by atoms with E-state index < -0.39 is 0 Å². The fourth-order valence-electron chi connectivity index (χ4n) is 8.18. The van der Waals surface area contributed by atoms with E-state index in [1.807, 2.05) is 52.8 Å². The second-order valence-electron chi connectivity index (χ2n) is 15.2. The number of hydrogen-bond acceptors (Lipinski definition) is 12. The zero-order chi connectivity index (χ0) is 38.9. The number of piperidine rings is 2. The van der Waals surface area contributed by atoms with E-state index in [4.69, 9.17) is 38.4 Å². The molecule has 2 saturated heterocycles. The fraction of sp³-hybridized carbons (Fsp3) is 0.524. The molecule has 4 aromatic rings. The Hall–Kier alpha value is -4.82. The Morgan fingerprint density at radius 1 is 0.643 bits per heavy atom. The Morgan fingerprint density at radius 3 is 1.70 bits per heavy atom. The van der Waals surface area contributed by atoms with E-state index in [2.05, 4.69) is 19.8 Å². The van der Waals surface area contributed by atoms with Gasteiger partial charge in [0.1, 0.15) is 61.8 Å². The Bertz CT molecular complexity index is 2060. The summed E-state index contributed by atoms with van der Waals surface area (Å²) in [6, 6.07) is 8.34. The molecule has 0 N–H and O–H groups in total. The number of aromatic nitrogens is 4. The average molecular weight is 773 g/mol. The molecular weight excluding hydrogens is 722 g/mol. The largest absolute Gasteiger partial charge is 0.490 e. The molecule has 0 aromatic carbocycles. The van der Waals surface area contributed by atoms with E-state index >= 15 is 8.78 Å². The molecule has 0 saturated carbocycles. The number of pyridine rings is 4. The van der Waals surface area contributed by atoms with Crippen molar-refractivity contribution >= 4 is 0 Å². The Labute approximate surface area is 326 Å². The predicted octanol–water partition coefficient (Wildman–Crippen LogP) is 6.81. The van der Waals surface area contributed by atoms with Crippen molar-refractivity contribution in [3.8, 4) is 34.8 Å². The smallest absolute Gasteiger partial charge is 0.257 e. The standard InChI is InChI=1S/C42H50F2N6O6/c1-24-18-32(55-30-6-10-49(11-7-30)27(4)39-34(43)22-37-41(47-39)53-16-14-51-37)20-29(46-24)21-33-26(3)45-25(2)19-36(33)56-31-8-12-50(13-9-31)28(5)40-35(44)23-38-42(48-40)54-17-15-52-38/h18-20,22-23,27-28,30-31H,6-17,21H2,1-5H3/t27-,28+/m0/s1. The van der Waals surface area contributed by atoms with E-state index in [-0.39, 0.29) is 35.9 Å². The molecule has 0 aliphatic carbocycles. The van der Waals surface area contributed by atoms with Gasteiger partial charge in [-0.25, -0.2) is 18.7 Å². The minimum Gasteiger partial charge on any atom is -0.490 e. The maximum absolute atomic E-state index is 15.1. The lowest BCUT2D eigenvalue weighted by Gasteiger charge is -2.36. The van der Waals surface area contributed by atoms with Crippen molar-refractivity contribution in [3.05, 3.63) is 81.7 Å². The molecule has 4 aliphatic rings. The molecular formula is C42H50F2N6O6. The molecule has 298 valence electrons. The summed E-state index contributed by atoms with van der Waals surface area (Å²) < 4.78 is 65.6. The van der Waals surface area contributed by atoms with Crippen molar-refractivity contribution in [3.63, 3.8) is 0 Å². The van der Waals surface area contributed by atoms with Crippen LogP contribution in [-0.2, 0) is 6.42 Å². The number of halogens is 2. The molecule has 0 radical (unpaired) electrons. The van der Waals surface area contributed by atoms with E-state index in [0.29, 0.717) is 67.5 Å². The van der Waals surface area contributed by atoms with Gasteiger partial charge in [0.05, 0.1) is 23.5 Å². The van der Waals surface area contributed by atoms with Crippen LogP contribution < -0.4 is 28.4 Å². The lowest BCUT2D eigenvalue weighted by Crippen LogP contribution is -2.40. The summed E-state index contributed by atoms with van der Waals surface area (Å²) >= 11 is 0. The van der Waals surface area contributed by atoms with Crippen molar-refractivity contribution in [2.75, 3.05) is 52.6 Å². The zero-order valence-electron chi connectivity index (χ0n) is 32.8. The number of aryl methyl sites for hydroxylation is 3. The predicted molar refractivity (Wildman–Crippen MR) is 203 cm³/mol. The number of ether oxygens (including phenoxy) is 6. The fourth-order valence-corrected chi connectivity index (χ4v) is 8.18. The quantitative estimate of drug-likeness (QED) is 0.169. The van der Waals surface area contributed by atoms with Crippen LogP contribution in [0.5, 0.6) is 34.8 Å². The van der Waals surface area contributed by atoms with E-state index in [9.17, 15) is 0 Å². The maximum atomic E-state index is 15.1. The number of hydrogen-bond donors (Lipinski definition) is 0. The van der Waals surface area contributed by atoms with Crippen molar-refractivity contribution in [2.45, 2.75) is 91.0 Å². The SMILES string of the molecule is Cc1cc(OC2CCN([C@@H](C)c3nc4c(cc3F)OCCO4)CC2)cc(Cc2c(OC3CCN([C@H](C)c4nc5c(cc4F)OCCO5)CC3)cc(C)nc2C)n1. The first-order valence-electron chi connectivity index (χ1n) is 19.8. The van der Waals surface area contributed by atoms with Crippen LogP contribution in [0, 0.1) is 32.4 Å². The molecule has 0 spiro atoms. The molecule has 8 rings (SSSR count). The van der Waals surface area contributed by atoms with Crippen molar-refractivity contribution in [1.29, 1.82) is 0 Å². The highest BCUT2D eigenvalue weighted by atomic mass is 19.1. The first kappa shape index (κ1) is 38.1. The van der Waals surface area contributed by atoms with Gasteiger partial charge < -0.3 is 28.4 Å². The summed E-state index contributed by atoms with van der Waals surface area (Å²) in [6.07, 6.45) is 3.73. The molecule has 4 aromatic heterocycles. The van der Waals surface area contributed by atoms with Crippen LogP contribution in [0.1, 0.15) is 91.3 Å². The molecule has 0 bridgehead atoms. The number of rotatable bonds is 10. The number of nitrogens with zero attached hydrogens (tertiary/aromatic N) is 6.